The monoisotopic (exact) mass is 393 g/mol. The number of nitrogens with zero attached hydrogens (tertiary/aromatic N) is 3. The van der Waals surface area contributed by atoms with Gasteiger partial charge in [-0.1, -0.05) is 28.1 Å². The van der Waals surface area contributed by atoms with Crippen LogP contribution >= 0.6 is 15.9 Å². The molecule has 0 aliphatic rings. The average molecular weight is 394 g/mol. The number of aliphatic imine (C=N–C) groups is 1. The molecule has 6 nitrogen and oxygen atoms in total. The minimum atomic E-state index is -1.03. The highest BCUT2D eigenvalue weighted by molar-refractivity contribution is 9.10. The fraction of sp³-hybridized carbons (Fsp3) is 0.412. The summed E-state index contributed by atoms with van der Waals surface area (Å²) < 4.78 is 2.73. The quantitative estimate of drug-likeness (QED) is 0.519. The molecule has 24 heavy (non-hydrogen) atoms. The van der Waals surface area contributed by atoms with Crippen molar-refractivity contribution in [1.29, 1.82) is 0 Å². The molecule has 0 saturated heterocycles. The lowest BCUT2D eigenvalue weighted by Crippen LogP contribution is -2.44. The van der Waals surface area contributed by atoms with Gasteiger partial charge in [-0.3, -0.25) is 4.68 Å². The minimum absolute atomic E-state index is 0.338. The highest BCUT2D eigenvalue weighted by Gasteiger charge is 2.24. The van der Waals surface area contributed by atoms with Crippen molar-refractivity contribution in [2.75, 3.05) is 13.1 Å². The van der Waals surface area contributed by atoms with Gasteiger partial charge in [0.2, 0.25) is 0 Å². The number of aromatic nitrogens is 2. The summed E-state index contributed by atoms with van der Waals surface area (Å²) in [5.74, 6) is 0.671. The van der Waals surface area contributed by atoms with Gasteiger partial charge in [0.15, 0.2) is 5.96 Å². The molecule has 1 heterocycles. The van der Waals surface area contributed by atoms with Crippen LogP contribution in [0.25, 0.3) is 0 Å². The number of aliphatic hydroxyl groups is 1. The second-order valence-corrected chi connectivity index (χ2v) is 6.77. The summed E-state index contributed by atoms with van der Waals surface area (Å²) in [5.41, 5.74) is 0.859. The van der Waals surface area contributed by atoms with Gasteiger partial charge >= 0.3 is 0 Å². The van der Waals surface area contributed by atoms with Gasteiger partial charge in [0.25, 0.3) is 0 Å². The Bertz CT molecular complexity index is 679. The number of hydrogen-bond acceptors (Lipinski definition) is 3. The molecule has 1 aromatic carbocycles. The van der Waals surface area contributed by atoms with Crippen molar-refractivity contribution in [2.45, 2.75) is 26.0 Å². The Morgan fingerprint density at radius 3 is 2.62 bits per heavy atom. The van der Waals surface area contributed by atoms with Crippen LogP contribution in [0, 0.1) is 0 Å². The normalized spacial score (nSPS) is 14.3. The lowest BCUT2D eigenvalue weighted by molar-refractivity contribution is 0.0616. The van der Waals surface area contributed by atoms with Crippen LogP contribution < -0.4 is 10.6 Å². The Morgan fingerprint density at radius 2 is 2.04 bits per heavy atom. The molecule has 0 saturated carbocycles. The molecule has 1 unspecified atom stereocenters. The third-order valence-corrected chi connectivity index (χ3v) is 4.13. The Kier molecular flexibility index (Phi) is 6.39. The number of benzene rings is 1. The fourth-order valence-corrected chi connectivity index (χ4v) is 2.42. The number of rotatable bonds is 6. The van der Waals surface area contributed by atoms with Gasteiger partial charge in [-0.25, -0.2) is 4.99 Å². The van der Waals surface area contributed by atoms with Crippen molar-refractivity contribution in [3.8, 4) is 0 Å². The van der Waals surface area contributed by atoms with Gasteiger partial charge in [-0.2, -0.15) is 5.10 Å². The molecule has 0 amide bonds. The Hall–Kier alpha value is -1.86. The maximum absolute atomic E-state index is 10.6. The number of nitrogens with one attached hydrogen (secondary N) is 2. The highest BCUT2D eigenvalue weighted by Crippen LogP contribution is 2.18. The summed E-state index contributed by atoms with van der Waals surface area (Å²) in [5, 5.41) is 21.1. The van der Waals surface area contributed by atoms with Crippen LogP contribution in [0.2, 0.25) is 0 Å². The third kappa shape index (κ3) is 5.35. The van der Waals surface area contributed by atoms with E-state index in [1.807, 2.05) is 44.4 Å². The Labute approximate surface area is 151 Å². The van der Waals surface area contributed by atoms with Gasteiger partial charge in [0, 0.05) is 29.8 Å². The molecule has 130 valence electrons. The van der Waals surface area contributed by atoms with Crippen molar-refractivity contribution in [3.63, 3.8) is 0 Å². The average Bonchev–Trinajstić information content (AvgIpc) is 2.99. The Balaban J connectivity index is 1.99. The lowest BCUT2D eigenvalue weighted by atomic mass is 10.00. The van der Waals surface area contributed by atoms with Gasteiger partial charge in [-0.15, -0.1) is 0 Å². The maximum Gasteiger partial charge on any atom is 0.191 e. The van der Waals surface area contributed by atoms with Crippen LogP contribution in [0.5, 0.6) is 0 Å². The predicted octanol–water partition coefficient (Wildman–Crippen LogP) is 2.15. The van der Waals surface area contributed by atoms with Crippen LogP contribution in [0.15, 0.2) is 46.1 Å². The molecule has 0 radical (unpaired) electrons. The number of hydrogen-bond donors (Lipinski definition) is 3. The summed E-state index contributed by atoms with van der Waals surface area (Å²) in [6.07, 6.45) is 3.49. The third-order valence-electron chi connectivity index (χ3n) is 3.60. The van der Waals surface area contributed by atoms with Crippen molar-refractivity contribution >= 4 is 21.9 Å². The van der Waals surface area contributed by atoms with E-state index in [9.17, 15) is 5.11 Å². The first kappa shape index (κ1) is 18.5. The van der Waals surface area contributed by atoms with E-state index in [-0.39, 0.29) is 0 Å². The van der Waals surface area contributed by atoms with Crippen molar-refractivity contribution in [3.05, 3.63) is 52.3 Å². The van der Waals surface area contributed by atoms with Crippen molar-refractivity contribution < 1.29 is 5.11 Å². The van der Waals surface area contributed by atoms with E-state index < -0.39 is 5.60 Å². The zero-order chi connectivity index (χ0) is 17.6. The standard InChI is InChI=1S/C17H24BrN5O/c1-4-19-16(20-9-13-5-7-15(18)8-6-13)21-12-17(2,24)14-10-22-23(3)11-14/h5-8,10-11,24H,4,9,12H2,1-3H3,(H2,19,20,21). The van der Waals surface area contributed by atoms with Gasteiger partial charge in [0.1, 0.15) is 5.60 Å². The minimum Gasteiger partial charge on any atom is -0.383 e. The maximum atomic E-state index is 10.6. The summed E-state index contributed by atoms with van der Waals surface area (Å²) in [4.78, 5) is 4.56. The molecular formula is C17H24BrN5O. The lowest BCUT2D eigenvalue weighted by Gasteiger charge is -2.23. The fourth-order valence-electron chi connectivity index (χ4n) is 2.16. The van der Waals surface area contributed by atoms with E-state index in [1.165, 1.54) is 0 Å². The number of guanidine groups is 1. The zero-order valence-electron chi connectivity index (χ0n) is 14.3. The molecule has 3 N–H and O–H groups in total. The molecule has 7 heteroatoms. The summed E-state index contributed by atoms with van der Waals surface area (Å²) >= 11 is 3.43. The zero-order valence-corrected chi connectivity index (χ0v) is 15.8. The van der Waals surface area contributed by atoms with Gasteiger partial charge < -0.3 is 15.7 Å². The van der Waals surface area contributed by atoms with E-state index in [0.717, 1.165) is 22.1 Å². The Morgan fingerprint density at radius 1 is 1.33 bits per heavy atom. The predicted molar refractivity (Wildman–Crippen MR) is 99.7 cm³/mol. The first-order chi connectivity index (χ1) is 11.4. The van der Waals surface area contributed by atoms with E-state index in [1.54, 1.807) is 17.8 Å². The SMILES string of the molecule is CCNC(=NCc1ccc(Br)cc1)NCC(C)(O)c1cnn(C)c1. The van der Waals surface area contributed by atoms with Crippen LogP contribution in [0.4, 0.5) is 0 Å². The number of halogens is 1. The van der Waals surface area contributed by atoms with Crippen LogP contribution in [0.1, 0.15) is 25.0 Å². The summed E-state index contributed by atoms with van der Waals surface area (Å²) in [7, 11) is 1.83. The van der Waals surface area contributed by atoms with Crippen LogP contribution in [-0.4, -0.2) is 33.9 Å². The molecule has 0 spiro atoms. The second kappa shape index (κ2) is 8.30. The molecule has 0 aliphatic carbocycles. The summed E-state index contributed by atoms with van der Waals surface area (Å²) in [6.45, 7) is 5.43. The van der Waals surface area contributed by atoms with Gasteiger partial charge in [0.05, 0.1) is 19.3 Å². The van der Waals surface area contributed by atoms with Gasteiger partial charge in [-0.05, 0) is 31.5 Å². The smallest absolute Gasteiger partial charge is 0.191 e. The number of aryl methyl sites for hydroxylation is 1. The van der Waals surface area contributed by atoms with E-state index in [2.05, 4.69) is 36.7 Å². The van der Waals surface area contributed by atoms with Crippen molar-refractivity contribution in [2.24, 2.45) is 12.0 Å². The van der Waals surface area contributed by atoms with Crippen LogP contribution in [0.3, 0.4) is 0 Å². The van der Waals surface area contributed by atoms with E-state index >= 15 is 0 Å². The molecule has 1 aromatic heterocycles. The second-order valence-electron chi connectivity index (χ2n) is 5.85. The molecule has 1 atom stereocenters. The first-order valence-corrected chi connectivity index (χ1v) is 8.68. The van der Waals surface area contributed by atoms with Crippen LogP contribution in [-0.2, 0) is 19.2 Å². The molecular weight excluding hydrogens is 370 g/mol. The topological polar surface area (TPSA) is 74.5 Å². The molecule has 0 bridgehead atoms. The first-order valence-electron chi connectivity index (χ1n) is 7.89. The molecule has 2 aromatic rings. The summed E-state index contributed by atoms with van der Waals surface area (Å²) in [6, 6.07) is 8.06. The van der Waals surface area contributed by atoms with E-state index in [0.29, 0.717) is 19.0 Å². The highest BCUT2D eigenvalue weighted by atomic mass is 79.9. The van der Waals surface area contributed by atoms with Crippen molar-refractivity contribution in [1.82, 2.24) is 20.4 Å². The molecule has 0 aliphatic heterocycles. The molecule has 0 fully saturated rings. The molecule has 2 rings (SSSR count). The largest absolute Gasteiger partial charge is 0.383 e. The van der Waals surface area contributed by atoms with E-state index in [4.69, 9.17) is 0 Å².